The summed E-state index contributed by atoms with van der Waals surface area (Å²) >= 11 is 0. The molecule has 0 atom stereocenters. The fourth-order valence-corrected chi connectivity index (χ4v) is 2.81. The third-order valence-electron chi connectivity index (χ3n) is 4.28. The predicted octanol–water partition coefficient (Wildman–Crippen LogP) is 1.27. The first-order valence-electron chi connectivity index (χ1n) is 7.88. The van der Waals surface area contributed by atoms with Crippen LogP contribution in [0.2, 0.25) is 0 Å². The first kappa shape index (κ1) is 14.0. The Hall–Kier alpha value is -2.57. The van der Waals surface area contributed by atoms with E-state index in [0.717, 1.165) is 6.54 Å². The summed E-state index contributed by atoms with van der Waals surface area (Å²) in [7, 11) is 0. The van der Waals surface area contributed by atoms with E-state index < -0.39 is 0 Å². The van der Waals surface area contributed by atoms with Crippen LogP contribution in [0.15, 0.2) is 28.9 Å². The summed E-state index contributed by atoms with van der Waals surface area (Å²) in [5.41, 5.74) is 0.772. The summed E-state index contributed by atoms with van der Waals surface area (Å²) in [6, 6.07) is 5.14. The Labute approximate surface area is 133 Å². The number of carbonyl (C=O) groups excluding carboxylic acids is 2. The Morgan fingerprint density at radius 2 is 2.26 bits per heavy atom. The van der Waals surface area contributed by atoms with Gasteiger partial charge in [0, 0.05) is 19.2 Å². The molecule has 4 rings (SSSR count). The minimum Gasteiger partial charge on any atom is -0.467 e. The number of nitrogens with zero attached hydrogens (tertiary/aromatic N) is 3. The number of carbonyl (C=O) groups is 2. The van der Waals surface area contributed by atoms with E-state index >= 15 is 0 Å². The van der Waals surface area contributed by atoms with Crippen LogP contribution >= 0.6 is 0 Å². The van der Waals surface area contributed by atoms with Crippen LogP contribution in [0.3, 0.4) is 0 Å². The molecule has 2 aromatic rings. The number of hydrogen-bond acceptors (Lipinski definition) is 4. The van der Waals surface area contributed by atoms with Crippen molar-refractivity contribution in [2.75, 3.05) is 13.1 Å². The van der Waals surface area contributed by atoms with Crippen LogP contribution in [0, 0.1) is 5.92 Å². The van der Waals surface area contributed by atoms with Crippen molar-refractivity contribution in [3.05, 3.63) is 41.6 Å². The van der Waals surface area contributed by atoms with Gasteiger partial charge in [-0.05, 0) is 30.9 Å². The maximum absolute atomic E-state index is 12.5. The van der Waals surface area contributed by atoms with E-state index in [1.54, 1.807) is 29.1 Å². The lowest BCUT2D eigenvalue weighted by Crippen LogP contribution is -2.41. The lowest BCUT2D eigenvalue weighted by molar-refractivity contribution is 0.0688. The molecule has 1 saturated carbocycles. The fraction of sp³-hybridized carbons (Fsp3) is 0.438. The Kier molecular flexibility index (Phi) is 3.40. The van der Waals surface area contributed by atoms with Gasteiger partial charge in [0.05, 0.1) is 19.4 Å². The molecule has 3 heterocycles. The molecule has 23 heavy (non-hydrogen) atoms. The number of amides is 2. The number of rotatable bonds is 5. The van der Waals surface area contributed by atoms with Crippen molar-refractivity contribution in [1.29, 1.82) is 0 Å². The Bertz CT molecular complexity index is 731. The summed E-state index contributed by atoms with van der Waals surface area (Å²) in [5.74, 6) is 1.00. The lowest BCUT2D eigenvalue weighted by Gasteiger charge is -2.27. The molecule has 0 saturated heterocycles. The van der Waals surface area contributed by atoms with E-state index in [0.29, 0.717) is 37.0 Å². The third kappa shape index (κ3) is 2.86. The van der Waals surface area contributed by atoms with Gasteiger partial charge in [-0.2, -0.15) is 5.10 Å². The van der Waals surface area contributed by atoms with Crippen molar-refractivity contribution in [3.63, 3.8) is 0 Å². The molecule has 1 aliphatic carbocycles. The third-order valence-corrected chi connectivity index (χ3v) is 4.28. The fourth-order valence-electron chi connectivity index (χ4n) is 2.81. The average Bonchev–Trinajstić information content (AvgIpc) is 3.04. The van der Waals surface area contributed by atoms with Gasteiger partial charge in [-0.1, -0.05) is 0 Å². The van der Waals surface area contributed by atoms with Crippen LogP contribution < -0.4 is 5.32 Å². The molecular weight excluding hydrogens is 296 g/mol. The van der Waals surface area contributed by atoms with Gasteiger partial charge in [-0.15, -0.1) is 0 Å². The molecule has 0 radical (unpaired) electrons. The first-order chi connectivity index (χ1) is 11.2. The standard InChI is InChI=1S/C16H18N4O3/c21-15(17-9-12-2-1-7-23-12)13-8-14-16(22)19(10-11-3-4-11)5-6-20(14)18-13/h1-2,7-8,11H,3-6,9-10H2,(H,17,21). The zero-order valence-corrected chi connectivity index (χ0v) is 12.7. The van der Waals surface area contributed by atoms with E-state index in [1.807, 2.05) is 4.90 Å². The zero-order chi connectivity index (χ0) is 15.8. The second-order valence-electron chi connectivity index (χ2n) is 6.09. The zero-order valence-electron chi connectivity index (χ0n) is 12.7. The second-order valence-corrected chi connectivity index (χ2v) is 6.09. The van der Waals surface area contributed by atoms with Gasteiger partial charge in [-0.25, -0.2) is 0 Å². The average molecular weight is 314 g/mol. The molecule has 2 amide bonds. The first-order valence-corrected chi connectivity index (χ1v) is 7.88. The molecule has 0 bridgehead atoms. The molecule has 1 N–H and O–H groups in total. The Balaban J connectivity index is 1.45. The summed E-state index contributed by atoms with van der Waals surface area (Å²) in [5, 5.41) is 7.00. The SMILES string of the molecule is O=C(NCc1ccco1)c1cc2n(n1)CCN(CC1CC1)C2=O. The molecule has 0 aromatic carbocycles. The summed E-state index contributed by atoms with van der Waals surface area (Å²) in [6.07, 6.45) is 3.98. The minimum absolute atomic E-state index is 0.0271. The van der Waals surface area contributed by atoms with Gasteiger partial charge in [0.2, 0.25) is 0 Å². The lowest BCUT2D eigenvalue weighted by atomic mass is 10.2. The Morgan fingerprint density at radius 3 is 3.00 bits per heavy atom. The van der Waals surface area contributed by atoms with Crippen molar-refractivity contribution >= 4 is 11.8 Å². The highest BCUT2D eigenvalue weighted by Crippen LogP contribution is 2.30. The van der Waals surface area contributed by atoms with Gasteiger partial charge in [-0.3, -0.25) is 14.3 Å². The van der Waals surface area contributed by atoms with Crippen LogP contribution in [0.5, 0.6) is 0 Å². The minimum atomic E-state index is -0.301. The smallest absolute Gasteiger partial charge is 0.272 e. The molecular formula is C16H18N4O3. The molecule has 0 unspecified atom stereocenters. The number of fused-ring (bicyclic) bond motifs is 1. The summed E-state index contributed by atoms with van der Waals surface area (Å²) in [6.45, 7) is 2.43. The molecule has 2 aromatic heterocycles. The van der Waals surface area contributed by atoms with E-state index in [-0.39, 0.29) is 17.5 Å². The van der Waals surface area contributed by atoms with E-state index in [1.165, 1.54) is 12.8 Å². The van der Waals surface area contributed by atoms with Crippen LogP contribution in [-0.4, -0.2) is 39.6 Å². The van der Waals surface area contributed by atoms with Crippen LogP contribution in [0.1, 0.15) is 39.6 Å². The van der Waals surface area contributed by atoms with E-state index in [4.69, 9.17) is 4.42 Å². The monoisotopic (exact) mass is 314 g/mol. The molecule has 7 heteroatoms. The van der Waals surface area contributed by atoms with Crippen LogP contribution in [0.25, 0.3) is 0 Å². The Morgan fingerprint density at radius 1 is 1.39 bits per heavy atom. The molecule has 1 fully saturated rings. The van der Waals surface area contributed by atoms with Crippen molar-refractivity contribution < 1.29 is 14.0 Å². The largest absolute Gasteiger partial charge is 0.467 e. The maximum atomic E-state index is 12.5. The topological polar surface area (TPSA) is 80.4 Å². The predicted molar refractivity (Wildman–Crippen MR) is 80.7 cm³/mol. The van der Waals surface area contributed by atoms with Crippen molar-refractivity contribution in [2.45, 2.75) is 25.9 Å². The van der Waals surface area contributed by atoms with Crippen molar-refractivity contribution in [1.82, 2.24) is 20.0 Å². The number of nitrogens with one attached hydrogen (secondary N) is 1. The highest BCUT2D eigenvalue weighted by molar-refractivity contribution is 5.98. The molecule has 2 aliphatic rings. The highest BCUT2D eigenvalue weighted by Gasteiger charge is 2.32. The van der Waals surface area contributed by atoms with Crippen molar-refractivity contribution in [2.24, 2.45) is 5.92 Å². The van der Waals surface area contributed by atoms with Crippen LogP contribution in [0.4, 0.5) is 0 Å². The number of aromatic nitrogens is 2. The molecule has 0 spiro atoms. The molecule has 1 aliphatic heterocycles. The number of hydrogen-bond donors (Lipinski definition) is 1. The van der Waals surface area contributed by atoms with Gasteiger partial charge in [0.15, 0.2) is 5.69 Å². The van der Waals surface area contributed by atoms with Gasteiger partial charge in [0.25, 0.3) is 11.8 Å². The quantitative estimate of drug-likeness (QED) is 0.901. The highest BCUT2D eigenvalue weighted by atomic mass is 16.3. The van der Waals surface area contributed by atoms with Gasteiger partial charge < -0.3 is 14.6 Å². The summed E-state index contributed by atoms with van der Waals surface area (Å²) in [4.78, 5) is 26.5. The van der Waals surface area contributed by atoms with E-state index in [2.05, 4.69) is 10.4 Å². The molecule has 120 valence electrons. The summed E-state index contributed by atoms with van der Waals surface area (Å²) < 4.78 is 6.81. The normalized spacial score (nSPS) is 17.2. The molecule has 7 nitrogen and oxygen atoms in total. The number of furan rings is 1. The maximum Gasteiger partial charge on any atom is 0.272 e. The van der Waals surface area contributed by atoms with Gasteiger partial charge >= 0.3 is 0 Å². The van der Waals surface area contributed by atoms with E-state index in [9.17, 15) is 9.59 Å². The van der Waals surface area contributed by atoms with Gasteiger partial charge in [0.1, 0.15) is 11.5 Å². The van der Waals surface area contributed by atoms with Crippen molar-refractivity contribution in [3.8, 4) is 0 Å². The van der Waals surface area contributed by atoms with Crippen LogP contribution in [-0.2, 0) is 13.1 Å². The second kappa shape index (κ2) is 5.57.